The third kappa shape index (κ3) is 1.78. The highest BCUT2D eigenvalue weighted by atomic mass is 32.1. The molecule has 64 valence electrons. The number of aromatic nitrogens is 3. The highest BCUT2D eigenvalue weighted by Crippen LogP contribution is 2.15. The molecule has 0 amide bonds. The van der Waals surface area contributed by atoms with Crippen LogP contribution in [-0.4, -0.2) is 15.2 Å². The molecule has 0 unspecified atom stereocenters. The van der Waals surface area contributed by atoms with Crippen LogP contribution in [0.1, 0.15) is 0 Å². The van der Waals surface area contributed by atoms with Crippen molar-refractivity contribution in [1.82, 2.24) is 15.2 Å². The summed E-state index contributed by atoms with van der Waals surface area (Å²) in [6.07, 6.45) is 5.25. The van der Waals surface area contributed by atoms with Crippen LogP contribution in [0, 0.1) is 4.64 Å². The molecule has 0 fully saturated rings. The number of pyridine rings is 1. The van der Waals surface area contributed by atoms with Gasteiger partial charge in [0.1, 0.15) is 4.64 Å². The Kier molecular flexibility index (Phi) is 2.14. The van der Waals surface area contributed by atoms with E-state index >= 15 is 0 Å². The molecular weight excluding hydrogens is 182 g/mol. The summed E-state index contributed by atoms with van der Waals surface area (Å²) in [5.41, 5.74) is 2.01. The van der Waals surface area contributed by atoms with Gasteiger partial charge < -0.3 is 0 Å². The summed E-state index contributed by atoms with van der Waals surface area (Å²) >= 11 is 4.96. The fourth-order valence-electron chi connectivity index (χ4n) is 1.07. The molecule has 0 aliphatic carbocycles. The molecular formula is C9H7N3S. The van der Waals surface area contributed by atoms with Gasteiger partial charge in [-0.1, -0.05) is 18.3 Å². The lowest BCUT2D eigenvalue weighted by molar-refractivity contribution is 1.02. The van der Waals surface area contributed by atoms with Crippen molar-refractivity contribution in [2.45, 2.75) is 0 Å². The summed E-state index contributed by atoms with van der Waals surface area (Å²) in [5.74, 6) is 0. The number of nitrogens with zero attached hydrogens (tertiary/aromatic N) is 2. The second kappa shape index (κ2) is 3.45. The molecule has 0 radical (unpaired) electrons. The predicted octanol–water partition coefficient (Wildman–Crippen LogP) is 2.20. The van der Waals surface area contributed by atoms with Crippen molar-refractivity contribution in [1.29, 1.82) is 0 Å². The van der Waals surface area contributed by atoms with Gasteiger partial charge in [-0.25, -0.2) is 0 Å². The average molecular weight is 189 g/mol. The highest BCUT2D eigenvalue weighted by molar-refractivity contribution is 7.71. The SMILES string of the molecule is S=c1cc(-c2cccnc2)cn[nH]1. The molecule has 2 rings (SSSR count). The third-order valence-corrected chi connectivity index (χ3v) is 1.87. The van der Waals surface area contributed by atoms with Crippen LogP contribution in [0.2, 0.25) is 0 Å². The topological polar surface area (TPSA) is 41.6 Å². The fraction of sp³-hybridized carbons (Fsp3) is 0. The zero-order valence-corrected chi connectivity index (χ0v) is 7.58. The Bertz CT molecular complexity index is 450. The van der Waals surface area contributed by atoms with Crippen molar-refractivity contribution < 1.29 is 0 Å². The maximum absolute atomic E-state index is 4.96. The van der Waals surface area contributed by atoms with Crippen molar-refractivity contribution in [2.24, 2.45) is 0 Å². The fourth-order valence-corrected chi connectivity index (χ4v) is 1.25. The van der Waals surface area contributed by atoms with Crippen LogP contribution in [0.25, 0.3) is 11.1 Å². The van der Waals surface area contributed by atoms with Crippen LogP contribution in [0.3, 0.4) is 0 Å². The molecule has 0 saturated heterocycles. The standard InChI is InChI=1S/C9H7N3S/c13-9-4-8(6-11-12-9)7-2-1-3-10-5-7/h1-6H,(H,12,13). The Hall–Kier alpha value is -1.55. The van der Waals surface area contributed by atoms with Crippen LogP contribution in [-0.2, 0) is 0 Å². The molecule has 13 heavy (non-hydrogen) atoms. The molecule has 0 aromatic carbocycles. The van der Waals surface area contributed by atoms with Gasteiger partial charge in [-0.2, -0.15) is 5.10 Å². The van der Waals surface area contributed by atoms with Crippen molar-refractivity contribution >= 4 is 12.2 Å². The summed E-state index contributed by atoms with van der Waals surface area (Å²) in [4.78, 5) is 4.02. The van der Waals surface area contributed by atoms with E-state index in [0.717, 1.165) is 11.1 Å². The van der Waals surface area contributed by atoms with Crippen LogP contribution >= 0.6 is 12.2 Å². The van der Waals surface area contributed by atoms with Gasteiger partial charge in [0.2, 0.25) is 0 Å². The van der Waals surface area contributed by atoms with E-state index in [4.69, 9.17) is 12.2 Å². The summed E-state index contributed by atoms with van der Waals surface area (Å²) in [7, 11) is 0. The van der Waals surface area contributed by atoms with Gasteiger partial charge in [0.25, 0.3) is 0 Å². The van der Waals surface area contributed by atoms with E-state index in [1.54, 1.807) is 18.6 Å². The first-order valence-electron chi connectivity index (χ1n) is 3.81. The Morgan fingerprint density at radius 3 is 2.85 bits per heavy atom. The smallest absolute Gasteiger partial charge is 0.120 e. The molecule has 4 heteroatoms. The molecule has 0 aliphatic heterocycles. The zero-order chi connectivity index (χ0) is 9.10. The zero-order valence-electron chi connectivity index (χ0n) is 6.77. The molecule has 2 heterocycles. The highest BCUT2D eigenvalue weighted by Gasteiger charge is 1.95. The maximum atomic E-state index is 4.96. The number of aromatic amines is 1. The number of rotatable bonds is 1. The number of hydrogen-bond donors (Lipinski definition) is 1. The lowest BCUT2D eigenvalue weighted by Crippen LogP contribution is -1.84. The second-order valence-electron chi connectivity index (χ2n) is 2.58. The number of hydrogen-bond acceptors (Lipinski definition) is 3. The largest absolute Gasteiger partial charge is 0.268 e. The van der Waals surface area contributed by atoms with Gasteiger partial charge in [0.05, 0.1) is 6.20 Å². The first-order chi connectivity index (χ1) is 6.36. The van der Waals surface area contributed by atoms with Crippen molar-refractivity contribution in [3.63, 3.8) is 0 Å². The van der Waals surface area contributed by atoms with E-state index in [1.807, 2.05) is 18.2 Å². The van der Waals surface area contributed by atoms with Crippen LogP contribution in [0.5, 0.6) is 0 Å². The Morgan fingerprint density at radius 2 is 2.15 bits per heavy atom. The van der Waals surface area contributed by atoms with Crippen LogP contribution in [0.4, 0.5) is 0 Å². The summed E-state index contributed by atoms with van der Waals surface area (Å²) in [6, 6.07) is 5.72. The van der Waals surface area contributed by atoms with Gasteiger partial charge in [-0.3, -0.25) is 10.1 Å². The van der Waals surface area contributed by atoms with E-state index in [1.165, 1.54) is 0 Å². The molecule has 2 aromatic rings. The van der Waals surface area contributed by atoms with Gasteiger partial charge in [-0.05, 0) is 12.1 Å². The van der Waals surface area contributed by atoms with E-state index in [9.17, 15) is 0 Å². The molecule has 0 saturated carbocycles. The minimum absolute atomic E-state index is 0.626. The van der Waals surface area contributed by atoms with Gasteiger partial charge in [0, 0.05) is 23.5 Å². The van der Waals surface area contributed by atoms with E-state index in [2.05, 4.69) is 15.2 Å². The summed E-state index contributed by atoms with van der Waals surface area (Å²) in [6.45, 7) is 0. The normalized spacial score (nSPS) is 9.85. The van der Waals surface area contributed by atoms with Crippen molar-refractivity contribution in [2.75, 3.05) is 0 Å². The first kappa shape index (κ1) is 8.07. The minimum Gasteiger partial charge on any atom is -0.268 e. The quantitative estimate of drug-likeness (QED) is 0.699. The van der Waals surface area contributed by atoms with E-state index < -0.39 is 0 Å². The summed E-state index contributed by atoms with van der Waals surface area (Å²) in [5, 5.41) is 6.59. The van der Waals surface area contributed by atoms with Crippen LogP contribution in [0.15, 0.2) is 36.8 Å². The molecule has 0 atom stereocenters. The molecule has 1 N–H and O–H groups in total. The lowest BCUT2D eigenvalue weighted by Gasteiger charge is -1.97. The second-order valence-corrected chi connectivity index (χ2v) is 3.02. The van der Waals surface area contributed by atoms with Crippen molar-refractivity contribution in [3.05, 3.63) is 41.4 Å². The molecule has 0 bridgehead atoms. The van der Waals surface area contributed by atoms with E-state index in [-0.39, 0.29) is 0 Å². The first-order valence-corrected chi connectivity index (χ1v) is 4.22. The molecule has 0 spiro atoms. The molecule has 2 aromatic heterocycles. The monoisotopic (exact) mass is 189 g/mol. The minimum atomic E-state index is 0.626. The van der Waals surface area contributed by atoms with Crippen LogP contribution < -0.4 is 0 Å². The van der Waals surface area contributed by atoms with Gasteiger partial charge in [0.15, 0.2) is 0 Å². The Labute approximate surface area is 80.5 Å². The molecule has 0 aliphatic rings. The van der Waals surface area contributed by atoms with Gasteiger partial charge in [-0.15, -0.1) is 0 Å². The predicted molar refractivity (Wildman–Crippen MR) is 52.7 cm³/mol. The Balaban J connectivity index is 2.54. The average Bonchev–Trinajstić information content (AvgIpc) is 2.19. The third-order valence-electron chi connectivity index (χ3n) is 1.66. The van der Waals surface area contributed by atoms with Crippen molar-refractivity contribution in [3.8, 4) is 11.1 Å². The van der Waals surface area contributed by atoms with Gasteiger partial charge >= 0.3 is 0 Å². The maximum Gasteiger partial charge on any atom is 0.120 e. The Morgan fingerprint density at radius 1 is 1.23 bits per heavy atom. The van der Waals surface area contributed by atoms with E-state index in [0.29, 0.717) is 4.64 Å². The summed E-state index contributed by atoms with van der Waals surface area (Å²) < 4.78 is 0.626. The lowest BCUT2D eigenvalue weighted by atomic mass is 10.1. The number of H-pyrrole nitrogens is 1. The number of nitrogens with one attached hydrogen (secondary N) is 1. The molecule has 3 nitrogen and oxygen atoms in total.